The number of H-pyrrole nitrogens is 1. The van der Waals surface area contributed by atoms with E-state index in [2.05, 4.69) is 30.6 Å². The summed E-state index contributed by atoms with van der Waals surface area (Å²) in [5, 5.41) is 13.5. The molecule has 0 saturated carbocycles. The van der Waals surface area contributed by atoms with Crippen molar-refractivity contribution in [3.05, 3.63) is 35.5 Å². The van der Waals surface area contributed by atoms with Gasteiger partial charge in [-0.25, -0.2) is 9.50 Å². The van der Waals surface area contributed by atoms with Crippen molar-refractivity contribution in [2.75, 3.05) is 5.32 Å². The molecule has 1 amide bonds. The summed E-state index contributed by atoms with van der Waals surface area (Å²) in [7, 11) is 0. The van der Waals surface area contributed by atoms with Crippen molar-refractivity contribution < 1.29 is 4.79 Å². The largest absolute Gasteiger partial charge is 0.307 e. The molecule has 0 aliphatic rings. The molecular formula is C12H13N7O. The second kappa shape index (κ2) is 4.72. The molecule has 0 saturated heterocycles. The van der Waals surface area contributed by atoms with Gasteiger partial charge in [-0.15, -0.1) is 0 Å². The zero-order valence-corrected chi connectivity index (χ0v) is 11.1. The van der Waals surface area contributed by atoms with Gasteiger partial charge in [-0.1, -0.05) is 6.92 Å². The van der Waals surface area contributed by atoms with E-state index in [0.29, 0.717) is 23.6 Å². The first-order valence-electron chi connectivity index (χ1n) is 6.19. The van der Waals surface area contributed by atoms with Crippen molar-refractivity contribution in [3.63, 3.8) is 0 Å². The number of aryl methyl sites for hydroxylation is 2. The molecule has 0 spiro atoms. The summed E-state index contributed by atoms with van der Waals surface area (Å²) in [5.41, 5.74) is 2.10. The summed E-state index contributed by atoms with van der Waals surface area (Å²) in [6, 6.07) is 0. The Morgan fingerprint density at radius 2 is 2.25 bits per heavy atom. The number of carbonyl (C=O) groups excluding carboxylic acids is 1. The van der Waals surface area contributed by atoms with Crippen LogP contribution >= 0.6 is 0 Å². The monoisotopic (exact) mass is 271 g/mol. The Balaban J connectivity index is 2.01. The molecule has 3 heterocycles. The van der Waals surface area contributed by atoms with E-state index in [0.717, 1.165) is 11.3 Å². The van der Waals surface area contributed by atoms with Crippen LogP contribution in [0.3, 0.4) is 0 Å². The van der Waals surface area contributed by atoms with Gasteiger partial charge in [0.25, 0.3) is 11.7 Å². The quantitative estimate of drug-likeness (QED) is 0.739. The lowest BCUT2D eigenvalue weighted by Gasteiger charge is -2.09. The van der Waals surface area contributed by atoms with Crippen LogP contribution in [0.25, 0.3) is 5.78 Å². The van der Waals surface area contributed by atoms with Crippen molar-refractivity contribution in [1.82, 2.24) is 29.8 Å². The number of nitrogens with one attached hydrogen (secondary N) is 2. The van der Waals surface area contributed by atoms with Gasteiger partial charge in [0.05, 0.1) is 17.5 Å². The Morgan fingerprint density at radius 3 is 2.95 bits per heavy atom. The molecule has 20 heavy (non-hydrogen) atoms. The predicted molar refractivity (Wildman–Crippen MR) is 71.4 cm³/mol. The summed E-state index contributed by atoms with van der Waals surface area (Å²) in [6.45, 7) is 3.81. The van der Waals surface area contributed by atoms with Gasteiger partial charge in [-0.05, 0) is 13.3 Å². The fraction of sp³-hybridized carbons (Fsp3) is 0.250. The SMILES string of the molecule is CCc1c(C(=O)Nc2[nH]ncc2C)cnc2ncnn12. The summed E-state index contributed by atoms with van der Waals surface area (Å²) >= 11 is 0. The number of hydrogen-bond acceptors (Lipinski definition) is 5. The lowest BCUT2D eigenvalue weighted by molar-refractivity contribution is 0.102. The topological polar surface area (TPSA) is 101 Å². The van der Waals surface area contributed by atoms with Gasteiger partial charge < -0.3 is 5.32 Å². The average molecular weight is 271 g/mol. The second-order valence-electron chi connectivity index (χ2n) is 4.33. The average Bonchev–Trinajstić information content (AvgIpc) is 3.07. The third-order valence-electron chi connectivity index (χ3n) is 3.05. The molecular weight excluding hydrogens is 258 g/mol. The maximum Gasteiger partial charge on any atom is 0.260 e. The number of nitrogens with zero attached hydrogens (tertiary/aromatic N) is 5. The van der Waals surface area contributed by atoms with Crippen molar-refractivity contribution in [1.29, 1.82) is 0 Å². The molecule has 0 aliphatic carbocycles. The van der Waals surface area contributed by atoms with Gasteiger partial charge in [0.15, 0.2) is 0 Å². The van der Waals surface area contributed by atoms with Crippen LogP contribution in [0.2, 0.25) is 0 Å². The fourth-order valence-electron chi connectivity index (χ4n) is 2.01. The van der Waals surface area contributed by atoms with E-state index in [9.17, 15) is 4.79 Å². The smallest absolute Gasteiger partial charge is 0.260 e. The first-order valence-corrected chi connectivity index (χ1v) is 6.19. The number of rotatable bonds is 3. The predicted octanol–water partition coefficient (Wildman–Crippen LogP) is 0.971. The number of fused-ring (bicyclic) bond motifs is 1. The molecule has 0 bridgehead atoms. The minimum Gasteiger partial charge on any atom is -0.307 e. The number of amides is 1. The molecule has 3 aromatic rings. The fourth-order valence-corrected chi connectivity index (χ4v) is 2.01. The van der Waals surface area contributed by atoms with Crippen LogP contribution in [-0.4, -0.2) is 35.7 Å². The van der Waals surface area contributed by atoms with E-state index in [-0.39, 0.29) is 5.91 Å². The Morgan fingerprint density at radius 1 is 1.40 bits per heavy atom. The van der Waals surface area contributed by atoms with Crippen molar-refractivity contribution >= 4 is 17.5 Å². The number of carbonyl (C=O) groups is 1. The Labute approximate surface area is 114 Å². The van der Waals surface area contributed by atoms with Crippen molar-refractivity contribution in [2.45, 2.75) is 20.3 Å². The van der Waals surface area contributed by atoms with Gasteiger partial charge in [0.2, 0.25) is 0 Å². The third-order valence-corrected chi connectivity index (χ3v) is 3.05. The van der Waals surface area contributed by atoms with Crippen LogP contribution in [-0.2, 0) is 6.42 Å². The van der Waals surface area contributed by atoms with Crippen LogP contribution in [0.15, 0.2) is 18.7 Å². The molecule has 0 atom stereocenters. The molecule has 3 aromatic heterocycles. The zero-order chi connectivity index (χ0) is 14.1. The van der Waals surface area contributed by atoms with E-state index >= 15 is 0 Å². The van der Waals surface area contributed by atoms with Crippen LogP contribution in [0.5, 0.6) is 0 Å². The van der Waals surface area contributed by atoms with E-state index in [1.807, 2.05) is 13.8 Å². The molecule has 8 heteroatoms. The first kappa shape index (κ1) is 12.3. The lowest BCUT2D eigenvalue weighted by atomic mass is 10.2. The molecule has 2 N–H and O–H groups in total. The summed E-state index contributed by atoms with van der Waals surface area (Å²) in [6.07, 6.45) is 5.23. The number of aromatic amines is 1. The molecule has 3 rings (SSSR count). The molecule has 0 unspecified atom stereocenters. The second-order valence-corrected chi connectivity index (χ2v) is 4.33. The highest BCUT2D eigenvalue weighted by atomic mass is 16.1. The normalized spacial score (nSPS) is 10.9. The molecule has 0 radical (unpaired) electrons. The van der Waals surface area contributed by atoms with Crippen LogP contribution in [0.4, 0.5) is 5.82 Å². The standard InChI is InChI=1S/C12H13N7O/c1-3-9-8(5-13-12-14-6-16-19(9)12)11(20)17-10-7(2)4-15-18-10/h4-6H,3H2,1-2H3,(H2,15,17,18,20). The molecule has 0 aromatic carbocycles. The minimum atomic E-state index is -0.251. The van der Waals surface area contributed by atoms with Gasteiger partial charge >= 0.3 is 0 Å². The summed E-state index contributed by atoms with van der Waals surface area (Å²) < 4.78 is 1.58. The van der Waals surface area contributed by atoms with Crippen LogP contribution < -0.4 is 5.32 Å². The van der Waals surface area contributed by atoms with Crippen LogP contribution in [0.1, 0.15) is 28.5 Å². The molecule has 102 valence electrons. The lowest BCUT2D eigenvalue weighted by Crippen LogP contribution is -2.18. The van der Waals surface area contributed by atoms with Gasteiger partial charge in [-0.3, -0.25) is 9.89 Å². The summed E-state index contributed by atoms with van der Waals surface area (Å²) in [4.78, 5) is 20.5. The Bertz CT molecular complexity index is 773. The van der Waals surface area contributed by atoms with Crippen molar-refractivity contribution in [3.8, 4) is 0 Å². The number of aromatic nitrogens is 6. The Hall–Kier alpha value is -2.77. The summed E-state index contributed by atoms with van der Waals surface area (Å²) in [5.74, 6) is 0.811. The third kappa shape index (κ3) is 1.91. The van der Waals surface area contributed by atoms with E-state index in [1.54, 1.807) is 10.7 Å². The van der Waals surface area contributed by atoms with E-state index in [4.69, 9.17) is 0 Å². The highest BCUT2D eigenvalue weighted by Crippen LogP contribution is 2.14. The molecule has 0 aliphatic heterocycles. The highest BCUT2D eigenvalue weighted by Gasteiger charge is 2.16. The maximum atomic E-state index is 12.3. The van der Waals surface area contributed by atoms with E-state index in [1.165, 1.54) is 12.5 Å². The number of hydrogen-bond donors (Lipinski definition) is 2. The highest BCUT2D eigenvalue weighted by molar-refractivity contribution is 6.04. The molecule has 0 fully saturated rings. The van der Waals surface area contributed by atoms with Gasteiger partial charge in [0.1, 0.15) is 12.1 Å². The first-order chi connectivity index (χ1) is 9.70. The minimum absolute atomic E-state index is 0.251. The van der Waals surface area contributed by atoms with E-state index < -0.39 is 0 Å². The molecule has 8 nitrogen and oxygen atoms in total. The van der Waals surface area contributed by atoms with Crippen LogP contribution in [0, 0.1) is 6.92 Å². The number of anilines is 1. The Kier molecular flexibility index (Phi) is 2.90. The van der Waals surface area contributed by atoms with Gasteiger partial charge in [-0.2, -0.15) is 15.2 Å². The maximum absolute atomic E-state index is 12.3. The van der Waals surface area contributed by atoms with Crippen molar-refractivity contribution in [2.24, 2.45) is 0 Å². The van der Waals surface area contributed by atoms with Gasteiger partial charge in [0, 0.05) is 11.8 Å². The zero-order valence-electron chi connectivity index (χ0n) is 11.1.